The third kappa shape index (κ3) is 7.88. The van der Waals surface area contributed by atoms with Gasteiger partial charge >= 0.3 is 5.97 Å². The largest absolute Gasteiger partial charge is 0.481 e. The van der Waals surface area contributed by atoms with Crippen molar-refractivity contribution in [2.24, 2.45) is 0 Å². The number of hydrogen-bond acceptors (Lipinski definition) is 3. The molecule has 0 aliphatic carbocycles. The Kier molecular flexibility index (Phi) is 7.29. The monoisotopic (exact) mass is 191 g/mol. The second kappa shape index (κ2) is 7.43. The van der Waals surface area contributed by atoms with Crippen LogP contribution in [0.15, 0.2) is 0 Å². The van der Waals surface area contributed by atoms with E-state index in [-0.39, 0.29) is 6.42 Å². The van der Waals surface area contributed by atoms with E-state index in [1.165, 1.54) is 0 Å². The second-order valence-electron chi connectivity index (χ2n) is 2.73. The second-order valence-corrected chi connectivity index (χ2v) is 4.00. The van der Waals surface area contributed by atoms with Gasteiger partial charge in [-0.25, -0.2) is 0 Å². The highest BCUT2D eigenvalue weighted by Crippen LogP contribution is 2.07. The summed E-state index contributed by atoms with van der Waals surface area (Å²) in [5.74, 6) is -0.736. The summed E-state index contributed by atoms with van der Waals surface area (Å²) in [7, 11) is 0. The molecule has 4 heteroatoms. The lowest BCUT2D eigenvalue weighted by molar-refractivity contribution is -0.136. The van der Waals surface area contributed by atoms with Crippen molar-refractivity contribution in [3.8, 4) is 0 Å². The molecular formula is C8H17NO2S. The van der Waals surface area contributed by atoms with E-state index in [4.69, 9.17) is 5.11 Å². The van der Waals surface area contributed by atoms with Crippen LogP contribution in [-0.2, 0) is 4.79 Å². The Morgan fingerprint density at radius 3 is 2.75 bits per heavy atom. The van der Waals surface area contributed by atoms with Crippen molar-refractivity contribution in [1.82, 2.24) is 5.32 Å². The number of hydrogen-bond donors (Lipinski definition) is 2. The van der Waals surface area contributed by atoms with Crippen molar-refractivity contribution in [2.45, 2.75) is 25.0 Å². The Bertz CT molecular complexity index is 130. The van der Waals surface area contributed by atoms with Crippen LogP contribution in [0.25, 0.3) is 0 Å². The third-order valence-corrected chi connectivity index (χ3v) is 2.69. The summed E-state index contributed by atoms with van der Waals surface area (Å²) >= 11 is 1.83. The molecule has 0 amide bonds. The average molecular weight is 191 g/mol. The number of nitrogens with one attached hydrogen (secondary N) is 1. The lowest BCUT2D eigenvalue weighted by atomic mass is 10.3. The van der Waals surface area contributed by atoms with Crippen LogP contribution in [0.2, 0.25) is 0 Å². The van der Waals surface area contributed by atoms with Crippen LogP contribution in [0.1, 0.15) is 19.8 Å². The van der Waals surface area contributed by atoms with Crippen LogP contribution in [0.4, 0.5) is 0 Å². The molecule has 0 aromatic rings. The molecule has 0 rings (SSSR count). The van der Waals surface area contributed by atoms with Gasteiger partial charge in [0.25, 0.3) is 0 Å². The number of carbonyl (C=O) groups is 1. The van der Waals surface area contributed by atoms with E-state index >= 15 is 0 Å². The molecule has 0 aromatic carbocycles. The quantitative estimate of drug-likeness (QED) is 0.594. The maximum atomic E-state index is 10.1. The minimum Gasteiger partial charge on any atom is -0.481 e. The molecule has 0 aromatic heterocycles. The van der Waals surface area contributed by atoms with Crippen LogP contribution in [0, 0.1) is 0 Å². The molecular weight excluding hydrogens is 174 g/mol. The summed E-state index contributed by atoms with van der Waals surface area (Å²) in [6, 6.07) is 0. The van der Waals surface area contributed by atoms with Gasteiger partial charge in [0.1, 0.15) is 0 Å². The molecule has 0 fully saturated rings. The normalized spacial score (nSPS) is 12.8. The van der Waals surface area contributed by atoms with Gasteiger partial charge in [0, 0.05) is 11.8 Å². The van der Waals surface area contributed by atoms with Crippen molar-refractivity contribution in [3.05, 3.63) is 0 Å². The lowest BCUT2D eigenvalue weighted by Crippen LogP contribution is -2.21. The highest BCUT2D eigenvalue weighted by Gasteiger charge is 1.99. The van der Waals surface area contributed by atoms with Crippen molar-refractivity contribution >= 4 is 17.7 Å². The fourth-order valence-electron chi connectivity index (χ4n) is 0.743. The number of aliphatic carboxylic acids is 1. The fourth-order valence-corrected chi connectivity index (χ4v) is 1.10. The third-order valence-electron chi connectivity index (χ3n) is 1.65. The Morgan fingerprint density at radius 2 is 2.25 bits per heavy atom. The van der Waals surface area contributed by atoms with Gasteiger partial charge in [-0.2, -0.15) is 11.8 Å². The van der Waals surface area contributed by atoms with Crippen LogP contribution in [-0.4, -0.2) is 35.7 Å². The molecule has 0 heterocycles. The van der Waals surface area contributed by atoms with Crippen molar-refractivity contribution in [2.75, 3.05) is 19.3 Å². The first-order chi connectivity index (χ1) is 5.66. The van der Waals surface area contributed by atoms with Gasteiger partial charge in [-0.05, 0) is 19.2 Å². The predicted octanol–water partition coefficient (Wildman–Crippen LogP) is 1.19. The highest BCUT2D eigenvalue weighted by molar-refractivity contribution is 7.99. The van der Waals surface area contributed by atoms with E-state index in [1.54, 1.807) is 0 Å². The molecule has 72 valence electrons. The molecule has 0 radical (unpaired) electrons. The molecule has 1 atom stereocenters. The van der Waals surface area contributed by atoms with Crippen LogP contribution in [0.3, 0.4) is 0 Å². The Labute approximate surface area is 77.9 Å². The summed E-state index contributed by atoms with van der Waals surface area (Å²) in [6.45, 7) is 3.66. The molecule has 0 saturated heterocycles. The minimum absolute atomic E-state index is 0.216. The molecule has 0 aliphatic heterocycles. The number of carboxylic acid groups (broad SMARTS) is 1. The van der Waals surface area contributed by atoms with Gasteiger partial charge in [0.2, 0.25) is 0 Å². The minimum atomic E-state index is -0.736. The standard InChI is InChI=1S/C8H17NO2S/c1-7(12-2)3-5-9-6-4-8(10)11/h7,9H,3-6H2,1-2H3,(H,10,11). The molecule has 0 aliphatic rings. The van der Waals surface area contributed by atoms with Crippen LogP contribution in [0.5, 0.6) is 0 Å². The van der Waals surface area contributed by atoms with E-state index in [9.17, 15) is 4.79 Å². The first kappa shape index (κ1) is 11.8. The molecule has 2 N–H and O–H groups in total. The topological polar surface area (TPSA) is 49.3 Å². The molecule has 0 spiro atoms. The lowest BCUT2D eigenvalue weighted by Gasteiger charge is -2.07. The fraction of sp³-hybridized carbons (Fsp3) is 0.875. The Balaban J connectivity index is 3.05. The van der Waals surface area contributed by atoms with Gasteiger partial charge in [-0.15, -0.1) is 0 Å². The first-order valence-corrected chi connectivity index (χ1v) is 5.41. The Hall–Kier alpha value is -0.220. The smallest absolute Gasteiger partial charge is 0.304 e. The van der Waals surface area contributed by atoms with Gasteiger partial charge in [0.05, 0.1) is 6.42 Å². The highest BCUT2D eigenvalue weighted by atomic mass is 32.2. The summed E-state index contributed by atoms with van der Waals surface area (Å²) in [6.07, 6.45) is 3.40. The predicted molar refractivity (Wildman–Crippen MR) is 52.7 cm³/mol. The molecule has 0 saturated carbocycles. The number of rotatable bonds is 7. The zero-order valence-electron chi connectivity index (χ0n) is 7.67. The Morgan fingerprint density at radius 1 is 1.58 bits per heavy atom. The summed E-state index contributed by atoms with van der Waals surface area (Å²) in [5, 5.41) is 12.1. The van der Waals surface area contributed by atoms with Crippen molar-refractivity contribution in [1.29, 1.82) is 0 Å². The number of carboxylic acids is 1. The maximum Gasteiger partial charge on any atom is 0.304 e. The zero-order valence-corrected chi connectivity index (χ0v) is 8.49. The van der Waals surface area contributed by atoms with Crippen molar-refractivity contribution in [3.63, 3.8) is 0 Å². The maximum absolute atomic E-state index is 10.1. The number of thioether (sulfide) groups is 1. The van der Waals surface area contributed by atoms with E-state index < -0.39 is 5.97 Å². The van der Waals surface area contributed by atoms with Crippen LogP contribution < -0.4 is 5.32 Å². The summed E-state index contributed by atoms with van der Waals surface area (Å²) in [4.78, 5) is 10.1. The molecule has 0 bridgehead atoms. The zero-order chi connectivity index (χ0) is 9.40. The van der Waals surface area contributed by atoms with Crippen LogP contribution >= 0.6 is 11.8 Å². The van der Waals surface area contributed by atoms with E-state index in [0.29, 0.717) is 11.8 Å². The van der Waals surface area contributed by atoms with E-state index in [0.717, 1.165) is 13.0 Å². The van der Waals surface area contributed by atoms with Crippen molar-refractivity contribution < 1.29 is 9.90 Å². The summed E-state index contributed by atoms with van der Waals surface area (Å²) < 4.78 is 0. The molecule has 1 unspecified atom stereocenters. The van der Waals surface area contributed by atoms with E-state index in [1.807, 2.05) is 11.8 Å². The van der Waals surface area contributed by atoms with Gasteiger partial charge in [-0.1, -0.05) is 6.92 Å². The van der Waals surface area contributed by atoms with E-state index in [2.05, 4.69) is 18.5 Å². The molecule has 12 heavy (non-hydrogen) atoms. The average Bonchev–Trinajstić information content (AvgIpc) is 2.03. The first-order valence-electron chi connectivity index (χ1n) is 4.12. The van der Waals surface area contributed by atoms with Gasteiger partial charge in [-0.3, -0.25) is 4.79 Å². The summed E-state index contributed by atoms with van der Waals surface area (Å²) in [5.41, 5.74) is 0. The SMILES string of the molecule is CSC(C)CCNCCC(=O)O. The van der Waals surface area contributed by atoms with Gasteiger partial charge < -0.3 is 10.4 Å². The molecule has 3 nitrogen and oxygen atoms in total. The van der Waals surface area contributed by atoms with Gasteiger partial charge in [0.15, 0.2) is 0 Å².